The number of hydrogen-bond donors (Lipinski definition) is 0. The average molecular weight is 302 g/mol. The zero-order chi connectivity index (χ0) is 14.8. The Balaban J connectivity index is 2.99. The Morgan fingerprint density at radius 3 is 2.05 bits per heavy atom. The summed E-state index contributed by atoms with van der Waals surface area (Å²) in [5, 5.41) is 0. The number of rotatable bonds is 5. The van der Waals surface area contributed by atoms with Gasteiger partial charge in [-0.15, -0.1) is 0 Å². The van der Waals surface area contributed by atoms with Gasteiger partial charge in [0.15, 0.2) is 0 Å². The van der Waals surface area contributed by atoms with Gasteiger partial charge in [0.05, 0.1) is 12.5 Å². The Bertz CT molecular complexity index is 306. The fourth-order valence-electron chi connectivity index (χ4n) is 3.77. The average Bonchev–Trinajstić information content (AvgIpc) is 2.61. The van der Waals surface area contributed by atoms with E-state index in [0.29, 0.717) is 12.6 Å². The van der Waals surface area contributed by atoms with E-state index in [1.165, 1.54) is 6.42 Å². The van der Waals surface area contributed by atoms with Gasteiger partial charge in [-0.2, -0.15) is 0 Å². The molecule has 2 unspecified atom stereocenters. The van der Waals surface area contributed by atoms with E-state index in [9.17, 15) is 4.79 Å². The van der Waals surface area contributed by atoms with E-state index in [-0.39, 0.29) is 11.9 Å². The summed E-state index contributed by atoms with van der Waals surface area (Å²) in [6, 6.07) is 0.428. The van der Waals surface area contributed by atoms with Gasteiger partial charge in [-0.1, -0.05) is 45.7 Å². The first-order valence-electron chi connectivity index (χ1n) is 7.55. The molecule has 112 valence electrons. The fraction of sp³-hybridized carbons (Fsp3) is 0.929. The smallest absolute Gasteiger partial charge is 0.310 e. The molecule has 5 heteroatoms. The lowest BCUT2D eigenvalue weighted by Crippen LogP contribution is -2.64. The lowest BCUT2D eigenvalue weighted by Gasteiger charge is -2.49. The van der Waals surface area contributed by atoms with Crippen LogP contribution in [0.2, 0.25) is 39.3 Å². The topological polar surface area (TPSA) is 29.5 Å². The Hall–Kier alpha value is -0.136. The van der Waals surface area contributed by atoms with E-state index in [2.05, 4.69) is 43.5 Å². The number of carbonyl (C=O) groups is 1. The molecule has 1 aliphatic carbocycles. The molecule has 1 fully saturated rings. The highest BCUT2D eigenvalue weighted by molar-refractivity contribution is 6.89. The van der Waals surface area contributed by atoms with E-state index in [1.54, 1.807) is 0 Å². The van der Waals surface area contributed by atoms with E-state index >= 15 is 0 Å². The molecule has 0 N–H and O–H groups in total. The number of carbonyl (C=O) groups excluding carboxylic acids is 1. The van der Waals surface area contributed by atoms with E-state index in [0.717, 1.165) is 12.8 Å². The summed E-state index contributed by atoms with van der Waals surface area (Å²) in [4.78, 5) is 12.2. The predicted molar refractivity (Wildman–Crippen MR) is 86.3 cm³/mol. The molecule has 3 nitrogen and oxygen atoms in total. The third kappa shape index (κ3) is 4.16. The molecule has 1 saturated carbocycles. The van der Waals surface area contributed by atoms with Crippen LogP contribution >= 0.6 is 0 Å². The van der Waals surface area contributed by atoms with Crippen molar-refractivity contribution in [2.45, 2.75) is 71.5 Å². The predicted octanol–water partition coefficient (Wildman–Crippen LogP) is 3.69. The van der Waals surface area contributed by atoms with Gasteiger partial charge in [-0.3, -0.25) is 4.79 Å². The van der Waals surface area contributed by atoms with Gasteiger partial charge < -0.3 is 8.97 Å². The van der Waals surface area contributed by atoms with Crippen molar-refractivity contribution < 1.29 is 9.53 Å². The third-order valence-corrected chi connectivity index (χ3v) is 11.4. The molecule has 0 aromatic carbocycles. The first kappa shape index (κ1) is 16.9. The van der Waals surface area contributed by atoms with E-state index in [4.69, 9.17) is 4.74 Å². The minimum atomic E-state index is -1.41. The van der Waals surface area contributed by atoms with Gasteiger partial charge in [0.1, 0.15) is 16.5 Å². The Morgan fingerprint density at radius 1 is 1.11 bits per heavy atom. The van der Waals surface area contributed by atoms with Gasteiger partial charge in [0.25, 0.3) is 0 Å². The molecule has 0 amide bonds. The molecule has 0 bridgehead atoms. The maximum absolute atomic E-state index is 12.2. The maximum Gasteiger partial charge on any atom is 0.310 e. The number of nitrogens with zero attached hydrogens (tertiary/aromatic N) is 1. The minimum absolute atomic E-state index is 0.0338. The highest BCUT2D eigenvalue weighted by Crippen LogP contribution is 2.36. The third-order valence-electron chi connectivity index (χ3n) is 3.85. The Kier molecular flexibility index (Phi) is 5.43. The number of hydrogen-bond acceptors (Lipinski definition) is 3. The quantitative estimate of drug-likeness (QED) is 0.573. The summed E-state index contributed by atoms with van der Waals surface area (Å²) in [6.07, 6.45) is 3.34. The van der Waals surface area contributed by atoms with Crippen LogP contribution in [0.25, 0.3) is 0 Å². The van der Waals surface area contributed by atoms with Gasteiger partial charge >= 0.3 is 5.97 Å². The molecule has 2 atom stereocenters. The first-order chi connectivity index (χ1) is 8.59. The lowest BCUT2D eigenvalue weighted by atomic mass is 10.1. The molecular weight excluding hydrogens is 270 g/mol. The second kappa shape index (κ2) is 6.10. The molecule has 0 aliphatic heterocycles. The molecule has 0 spiro atoms. The summed E-state index contributed by atoms with van der Waals surface area (Å²) in [5.74, 6) is 0.143. The molecule has 0 aromatic heterocycles. The Labute approximate surface area is 120 Å². The van der Waals surface area contributed by atoms with Gasteiger partial charge in [-0.25, -0.2) is 0 Å². The van der Waals surface area contributed by atoms with Crippen LogP contribution in [0, 0.1) is 5.92 Å². The normalized spacial score (nSPS) is 24.8. The van der Waals surface area contributed by atoms with Crippen molar-refractivity contribution in [2.75, 3.05) is 6.61 Å². The van der Waals surface area contributed by atoms with Crippen LogP contribution < -0.4 is 0 Å². The Morgan fingerprint density at radius 2 is 1.63 bits per heavy atom. The van der Waals surface area contributed by atoms with Crippen molar-refractivity contribution in [1.82, 2.24) is 4.23 Å². The van der Waals surface area contributed by atoms with Crippen molar-refractivity contribution in [3.8, 4) is 0 Å². The summed E-state index contributed by atoms with van der Waals surface area (Å²) < 4.78 is 8.08. The summed E-state index contributed by atoms with van der Waals surface area (Å²) in [6.45, 7) is 16.9. The highest BCUT2D eigenvalue weighted by atomic mass is 28.4. The summed E-state index contributed by atoms with van der Waals surface area (Å²) in [7, 11) is -2.82. The van der Waals surface area contributed by atoms with Gasteiger partial charge in [0, 0.05) is 6.04 Å². The molecule has 0 heterocycles. The number of ether oxygens (including phenoxy) is 1. The number of esters is 1. The van der Waals surface area contributed by atoms with Crippen molar-refractivity contribution in [2.24, 2.45) is 5.92 Å². The first-order valence-corrected chi connectivity index (χ1v) is 14.4. The molecular formula is C14H31NO2Si2. The largest absolute Gasteiger partial charge is 0.466 e. The zero-order valence-electron chi connectivity index (χ0n) is 13.7. The van der Waals surface area contributed by atoms with E-state index in [1.807, 2.05) is 6.92 Å². The van der Waals surface area contributed by atoms with E-state index < -0.39 is 16.5 Å². The highest BCUT2D eigenvalue weighted by Gasteiger charge is 2.46. The van der Waals surface area contributed by atoms with Crippen molar-refractivity contribution >= 4 is 22.4 Å². The lowest BCUT2D eigenvalue weighted by molar-refractivity contribution is -0.148. The van der Waals surface area contributed by atoms with Crippen LogP contribution in [0.3, 0.4) is 0 Å². The maximum atomic E-state index is 12.2. The van der Waals surface area contributed by atoms with Crippen molar-refractivity contribution in [3.63, 3.8) is 0 Å². The van der Waals surface area contributed by atoms with Crippen LogP contribution in [0.1, 0.15) is 26.2 Å². The van der Waals surface area contributed by atoms with Crippen LogP contribution in [0.5, 0.6) is 0 Å². The van der Waals surface area contributed by atoms with Crippen LogP contribution in [0.15, 0.2) is 0 Å². The van der Waals surface area contributed by atoms with Crippen LogP contribution in [-0.2, 0) is 9.53 Å². The standard InChI is InChI=1S/C14H31NO2Si2/c1-8-17-14(16)12-10-9-11-13(12)15(18(2,3)4)19(5,6)7/h12-13H,8-11H2,1-7H3. The van der Waals surface area contributed by atoms with Crippen molar-refractivity contribution in [1.29, 1.82) is 0 Å². The molecule has 1 aliphatic rings. The van der Waals surface area contributed by atoms with Crippen LogP contribution in [0.4, 0.5) is 0 Å². The minimum Gasteiger partial charge on any atom is -0.466 e. The fourth-order valence-corrected chi connectivity index (χ4v) is 14.4. The monoisotopic (exact) mass is 301 g/mol. The molecule has 0 saturated heterocycles. The SMILES string of the molecule is CCOC(=O)C1CCCC1N([Si](C)(C)C)[Si](C)(C)C. The molecule has 1 rings (SSSR count). The van der Waals surface area contributed by atoms with Crippen LogP contribution in [-0.4, -0.2) is 39.3 Å². The molecule has 0 aromatic rings. The summed E-state index contributed by atoms with van der Waals surface area (Å²) >= 11 is 0. The zero-order valence-corrected chi connectivity index (χ0v) is 15.7. The molecule has 19 heavy (non-hydrogen) atoms. The van der Waals surface area contributed by atoms with Crippen molar-refractivity contribution in [3.05, 3.63) is 0 Å². The van der Waals surface area contributed by atoms with Gasteiger partial charge in [0.2, 0.25) is 0 Å². The summed E-state index contributed by atoms with van der Waals surface area (Å²) in [5.41, 5.74) is 0. The second-order valence-corrected chi connectivity index (χ2v) is 17.7. The molecule has 0 radical (unpaired) electrons. The van der Waals surface area contributed by atoms with Gasteiger partial charge in [-0.05, 0) is 19.8 Å². The second-order valence-electron chi connectivity index (χ2n) is 7.57.